The topological polar surface area (TPSA) is 97.7 Å². The second-order valence-electron chi connectivity index (χ2n) is 4.24. The summed E-state index contributed by atoms with van der Waals surface area (Å²) in [5.74, 6) is -0.398. The highest BCUT2D eigenvalue weighted by Crippen LogP contribution is 2.02. The summed E-state index contributed by atoms with van der Waals surface area (Å²) < 4.78 is 11.3. The van der Waals surface area contributed by atoms with Crippen molar-refractivity contribution >= 4 is 11.4 Å². The molecule has 0 radical (unpaired) electrons. The highest BCUT2D eigenvalue weighted by Gasteiger charge is 2.14. The number of fused-ring (bicyclic) bond motifs is 1. The fourth-order valence-electron chi connectivity index (χ4n) is 1.76. The minimum absolute atomic E-state index is 0.159. The lowest BCUT2D eigenvalue weighted by Gasteiger charge is -2.13. The molecule has 2 N–H and O–H groups in total. The summed E-state index contributed by atoms with van der Waals surface area (Å²) in [7, 11) is 2.96. The van der Waals surface area contributed by atoms with Crippen LogP contribution in [-0.2, 0) is 9.47 Å². The van der Waals surface area contributed by atoms with Crippen LogP contribution in [-0.4, -0.2) is 47.6 Å². The molecular formula is C12H16N4O4. The number of aromatic amines is 1. The molecule has 0 aliphatic heterocycles. The standard InChI is InChI=1S/C12H16N4O4/c1-7-6-16-9(12(18)14-7)4-8(15-16)11(17)13-5-10(19-2)20-3/h4,6,10H,5H2,1-3H3,(H,13,17)(H,14,18). The molecule has 2 rings (SSSR count). The van der Waals surface area contributed by atoms with E-state index in [9.17, 15) is 9.59 Å². The van der Waals surface area contributed by atoms with Gasteiger partial charge in [-0.25, -0.2) is 4.52 Å². The van der Waals surface area contributed by atoms with Gasteiger partial charge in [-0.2, -0.15) is 5.10 Å². The number of carbonyl (C=O) groups is 1. The van der Waals surface area contributed by atoms with Gasteiger partial charge in [0, 0.05) is 32.2 Å². The van der Waals surface area contributed by atoms with Crippen LogP contribution < -0.4 is 10.9 Å². The molecule has 108 valence electrons. The van der Waals surface area contributed by atoms with Crippen LogP contribution in [0.5, 0.6) is 0 Å². The minimum atomic E-state index is -0.526. The van der Waals surface area contributed by atoms with Crippen molar-refractivity contribution in [3.05, 3.63) is 34.0 Å². The smallest absolute Gasteiger partial charge is 0.274 e. The average molecular weight is 280 g/mol. The summed E-state index contributed by atoms with van der Waals surface area (Å²) in [5, 5.41) is 6.69. The predicted octanol–water partition coefficient (Wildman–Crippen LogP) is -0.320. The van der Waals surface area contributed by atoms with Gasteiger partial charge in [0.05, 0.1) is 6.54 Å². The molecule has 2 aromatic heterocycles. The summed E-state index contributed by atoms with van der Waals surface area (Å²) in [6.07, 6.45) is 1.11. The summed E-state index contributed by atoms with van der Waals surface area (Å²) in [4.78, 5) is 26.3. The molecule has 0 aromatic carbocycles. The number of hydrogen-bond donors (Lipinski definition) is 2. The van der Waals surface area contributed by atoms with Crippen molar-refractivity contribution in [1.29, 1.82) is 0 Å². The molecule has 0 fully saturated rings. The second kappa shape index (κ2) is 5.85. The molecule has 0 saturated heterocycles. The molecular weight excluding hydrogens is 264 g/mol. The Morgan fingerprint density at radius 3 is 2.85 bits per heavy atom. The van der Waals surface area contributed by atoms with Crippen molar-refractivity contribution < 1.29 is 14.3 Å². The van der Waals surface area contributed by atoms with Gasteiger partial charge < -0.3 is 19.8 Å². The number of aryl methyl sites for hydroxylation is 1. The van der Waals surface area contributed by atoms with E-state index in [1.807, 2.05) is 0 Å². The number of hydrogen-bond acceptors (Lipinski definition) is 5. The van der Waals surface area contributed by atoms with Crippen LogP contribution in [0, 0.1) is 6.92 Å². The van der Waals surface area contributed by atoms with E-state index >= 15 is 0 Å². The molecule has 0 bridgehead atoms. The third kappa shape index (κ3) is 2.86. The Labute approximate surface area is 114 Å². The summed E-state index contributed by atoms with van der Waals surface area (Å²) >= 11 is 0. The lowest BCUT2D eigenvalue weighted by Crippen LogP contribution is -2.34. The first kappa shape index (κ1) is 14.2. The maximum Gasteiger partial charge on any atom is 0.274 e. The number of ether oxygens (including phenoxy) is 2. The zero-order chi connectivity index (χ0) is 14.7. The number of carbonyl (C=O) groups excluding carboxylic acids is 1. The normalized spacial score (nSPS) is 11.2. The number of amides is 1. The Hall–Kier alpha value is -2.19. The third-order valence-corrected chi connectivity index (χ3v) is 2.78. The maximum absolute atomic E-state index is 11.9. The van der Waals surface area contributed by atoms with Crippen LogP contribution in [0.1, 0.15) is 16.2 Å². The highest BCUT2D eigenvalue weighted by atomic mass is 16.7. The lowest BCUT2D eigenvalue weighted by atomic mass is 10.3. The monoisotopic (exact) mass is 280 g/mol. The van der Waals surface area contributed by atoms with Gasteiger partial charge >= 0.3 is 0 Å². The Balaban J connectivity index is 2.19. The van der Waals surface area contributed by atoms with Crippen molar-refractivity contribution in [3.8, 4) is 0 Å². The van der Waals surface area contributed by atoms with Gasteiger partial charge in [0.25, 0.3) is 11.5 Å². The highest BCUT2D eigenvalue weighted by molar-refractivity contribution is 5.93. The van der Waals surface area contributed by atoms with Gasteiger partial charge in [-0.1, -0.05) is 0 Å². The van der Waals surface area contributed by atoms with Crippen LogP contribution in [0.15, 0.2) is 17.1 Å². The van der Waals surface area contributed by atoms with Crippen LogP contribution in [0.25, 0.3) is 5.52 Å². The molecule has 0 saturated carbocycles. The van der Waals surface area contributed by atoms with Crippen molar-refractivity contribution in [2.75, 3.05) is 20.8 Å². The molecule has 0 atom stereocenters. The van der Waals surface area contributed by atoms with Crippen LogP contribution in [0.4, 0.5) is 0 Å². The molecule has 2 heterocycles. The molecule has 8 nitrogen and oxygen atoms in total. The molecule has 0 aliphatic carbocycles. The largest absolute Gasteiger partial charge is 0.354 e. The first-order valence-electron chi connectivity index (χ1n) is 5.98. The molecule has 2 aromatic rings. The first-order chi connectivity index (χ1) is 9.55. The molecule has 0 unspecified atom stereocenters. The molecule has 0 spiro atoms. The van der Waals surface area contributed by atoms with Gasteiger partial charge in [0.15, 0.2) is 12.0 Å². The Morgan fingerprint density at radius 2 is 2.20 bits per heavy atom. The Bertz CT molecular complexity index is 672. The molecule has 20 heavy (non-hydrogen) atoms. The molecule has 1 amide bonds. The van der Waals surface area contributed by atoms with Crippen molar-refractivity contribution in [2.45, 2.75) is 13.2 Å². The SMILES string of the molecule is COC(CNC(=O)c1cc2c(=O)[nH]c(C)cn2n1)OC. The number of nitrogens with one attached hydrogen (secondary N) is 2. The van der Waals surface area contributed by atoms with Crippen molar-refractivity contribution in [3.63, 3.8) is 0 Å². The van der Waals surface area contributed by atoms with Crippen LogP contribution in [0.2, 0.25) is 0 Å². The third-order valence-electron chi connectivity index (χ3n) is 2.78. The summed E-state index contributed by atoms with van der Waals surface area (Å²) in [6.45, 7) is 1.93. The quantitative estimate of drug-likeness (QED) is 0.731. The minimum Gasteiger partial charge on any atom is -0.354 e. The summed E-state index contributed by atoms with van der Waals surface area (Å²) in [5.41, 5.74) is 0.849. The second-order valence-corrected chi connectivity index (χ2v) is 4.24. The van der Waals surface area contributed by atoms with E-state index in [0.29, 0.717) is 11.2 Å². The maximum atomic E-state index is 11.9. The van der Waals surface area contributed by atoms with Gasteiger partial charge in [0.2, 0.25) is 0 Å². The van der Waals surface area contributed by atoms with Gasteiger partial charge in [-0.3, -0.25) is 9.59 Å². The summed E-state index contributed by atoms with van der Waals surface area (Å²) in [6, 6.07) is 1.43. The van der Waals surface area contributed by atoms with E-state index in [1.54, 1.807) is 13.1 Å². The zero-order valence-corrected chi connectivity index (χ0v) is 11.5. The average Bonchev–Trinajstić information content (AvgIpc) is 2.83. The predicted molar refractivity (Wildman–Crippen MR) is 70.7 cm³/mol. The molecule has 8 heteroatoms. The van der Waals surface area contributed by atoms with E-state index in [-0.39, 0.29) is 17.8 Å². The van der Waals surface area contributed by atoms with E-state index in [1.165, 1.54) is 24.8 Å². The molecule has 0 aliphatic rings. The van der Waals surface area contributed by atoms with Crippen molar-refractivity contribution in [2.24, 2.45) is 0 Å². The van der Waals surface area contributed by atoms with Gasteiger partial charge in [-0.05, 0) is 6.92 Å². The van der Waals surface area contributed by atoms with Gasteiger partial charge in [-0.15, -0.1) is 0 Å². The fourth-order valence-corrected chi connectivity index (χ4v) is 1.76. The Kier molecular flexibility index (Phi) is 4.16. The first-order valence-corrected chi connectivity index (χ1v) is 5.98. The van der Waals surface area contributed by atoms with E-state index in [0.717, 1.165) is 0 Å². The number of rotatable bonds is 5. The zero-order valence-electron chi connectivity index (χ0n) is 11.5. The van der Waals surface area contributed by atoms with E-state index in [2.05, 4.69) is 15.4 Å². The van der Waals surface area contributed by atoms with Gasteiger partial charge in [0.1, 0.15) is 5.52 Å². The number of aromatic nitrogens is 3. The number of nitrogens with zero attached hydrogens (tertiary/aromatic N) is 2. The number of methoxy groups -OCH3 is 2. The lowest BCUT2D eigenvalue weighted by molar-refractivity contribution is -0.0974. The van der Waals surface area contributed by atoms with Crippen LogP contribution >= 0.6 is 0 Å². The Morgan fingerprint density at radius 1 is 1.50 bits per heavy atom. The number of H-pyrrole nitrogens is 1. The van der Waals surface area contributed by atoms with Crippen molar-refractivity contribution in [1.82, 2.24) is 19.9 Å². The van der Waals surface area contributed by atoms with E-state index < -0.39 is 12.2 Å². The van der Waals surface area contributed by atoms with E-state index in [4.69, 9.17) is 9.47 Å². The fraction of sp³-hybridized carbons (Fsp3) is 0.417. The van der Waals surface area contributed by atoms with Crippen LogP contribution in [0.3, 0.4) is 0 Å².